The molecule has 6 heteroatoms. The van der Waals surface area contributed by atoms with Gasteiger partial charge in [-0.05, 0) is 42.0 Å². The summed E-state index contributed by atoms with van der Waals surface area (Å²) in [6.45, 7) is 4.32. The molecule has 0 bridgehead atoms. The van der Waals surface area contributed by atoms with Crippen LogP contribution in [-0.2, 0) is 0 Å². The maximum atomic E-state index is 6.01. The van der Waals surface area contributed by atoms with Crippen LogP contribution in [0.15, 0.2) is 18.2 Å². The van der Waals surface area contributed by atoms with Crippen molar-refractivity contribution in [2.75, 3.05) is 11.5 Å². The van der Waals surface area contributed by atoms with E-state index >= 15 is 0 Å². The molecule has 0 amide bonds. The molecule has 0 aliphatic carbocycles. The molecule has 0 fully saturated rings. The Morgan fingerprint density at radius 2 is 2.05 bits per heavy atom. The minimum atomic E-state index is 0.253. The van der Waals surface area contributed by atoms with Crippen LogP contribution >= 0.6 is 0 Å². The topological polar surface area (TPSA) is 95.6 Å². The highest BCUT2D eigenvalue weighted by molar-refractivity contribution is 5.74. The lowest BCUT2D eigenvalue weighted by atomic mass is 10.1. The Bertz CT molecular complexity index is 563. The highest BCUT2D eigenvalue weighted by Gasteiger charge is 2.16. The standard InChI is InChI=1S/C14H22N6/c1-3-4-5-6-10(2)20-14(17-18-19-20)12-8-7-11(15)9-13(12)16/h7-10H,3-6,15-16H2,1-2H3. The Balaban J connectivity index is 2.23. The number of tetrazole rings is 1. The number of unbranched alkanes of at least 4 members (excludes halogenated alkanes) is 2. The third-order valence-electron chi connectivity index (χ3n) is 3.45. The van der Waals surface area contributed by atoms with Crippen LogP contribution in [-0.4, -0.2) is 20.2 Å². The molecule has 1 unspecified atom stereocenters. The van der Waals surface area contributed by atoms with Gasteiger partial charge in [0.2, 0.25) is 0 Å². The van der Waals surface area contributed by atoms with Gasteiger partial charge in [0.15, 0.2) is 5.82 Å². The normalized spacial score (nSPS) is 12.5. The Morgan fingerprint density at radius 1 is 1.25 bits per heavy atom. The molecular formula is C14H22N6. The van der Waals surface area contributed by atoms with Gasteiger partial charge in [0.05, 0.1) is 6.04 Å². The molecule has 2 rings (SSSR count). The molecule has 0 saturated carbocycles. The van der Waals surface area contributed by atoms with Crippen molar-refractivity contribution in [1.82, 2.24) is 20.2 Å². The Morgan fingerprint density at radius 3 is 2.75 bits per heavy atom. The predicted molar refractivity (Wildman–Crippen MR) is 80.9 cm³/mol. The molecule has 0 radical (unpaired) electrons. The summed E-state index contributed by atoms with van der Waals surface area (Å²) in [5.41, 5.74) is 13.8. The van der Waals surface area contributed by atoms with Gasteiger partial charge >= 0.3 is 0 Å². The van der Waals surface area contributed by atoms with Crippen molar-refractivity contribution in [2.45, 2.75) is 45.6 Å². The van der Waals surface area contributed by atoms with E-state index in [9.17, 15) is 0 Å². The monoisotopic (exact) mass is 274 g/mol. The summed E-state index contributed by atoms with van der Waals surface area (Å²) in [6.07, 6.45) is 4.67. The molecule has 6 nitrogen and oxygen atoms in total. The smallest absolute Gasteiger partial charge is 0.184 e. The van der Waals surface area contributed by atoms with Crippen LogP contribution in [0.5, 0.6) is 0 Å². The van der Waals surface area contributed by atoms with E-state index in [0.717, 1.165) is 12.0 Å². The van der Waals surface area contributed by atoms with Gasteiger partial charge in [-0.1, -0.05) is 26.2 Å². The van der Waals surface area contributed by atoms with Crippen LogP contribution < -0.4 is 11.5 Å². The van der Waals surface area contributed by atoms with E-state index in [4.69, 9.17) is 11.5 Å². The molecule has 1 aromatic carbocycles. The number of rotatable bonds is 6. The zero-order valence-electron chi connectivity index (χ0n) is 12.1. The van der Waals surface area contributed by atoms with E-state index in [-0.39, 0.29) is 6.04 Å². The second-order valence-electron chi connectivity index (χ2n) is 5.14. The van der Waals surface area contributed by atoms with Gasteiger partial charge in [0.1, 0.15) is 0 Å². The predicted octanol–water partition coefficient (Wildman–Crippen LogP) is 2.65. The minimum Gasteiger partial charge on any atom is -0.399 e. The molecule has 0 aliphatic heterocycles. The molecule has 1 aromatic heterocycles. The maximum Gasteiger partial charge on any atom is 0.184 e. The van der Waals surface area contributed by atoms with Crippen molar-refractivity contribution in [2.24, 2.45) is 0 Å². The first kappa shape index (κ1) is 14.3. The van der Waals surface area contributed by atoms with Crippen molar-refractivity contribution >= 4 is 11.4 Å². The van der Waals surface area contributed by atoms with Crippen molar-refractivity contribution in [1.29, 1.82) is 0 Å². The molecule has 2 aromatic rings. The number of hydrogen-bond donors (Lipinski definition) is 2. The van der Waals surface area contributed by atoms with E-state index in [1.54, 1.807) is 6.07 Å². The first-order valence-corrected chi connectivity index (χ1v) is 7.06. The second-order valence-corrected chi connectivity index (χ2v) is 5.14. The summed E-state index contributed by atoms with van der Waals surface area (Å²) in [5, 5.41) is 12.0. The third-order valence-corrected chi connectivity index (χ3v) is 3.45. The molecular weight excluding hydrogens is 252 g/mol. The zero-order valence-corrected chi connectivity index (χ0v) is 12.1. The molecule has 0 aliphatic rings. The number of hydrogen-bond acceptors (Lipinski definition) is 5. The van der Waals surface area contributed by atoms with Crippen LogP contribution in [0.2, 0.25) is 0 Å². The van der Waals surface area contributed by atoms with E-state index in [2.05, 4.69) is 29.4 Å². The van der Waals surface area contributed by atoms with Gasteiger partial charge in [-0.3, -0.25) is 0 Å². The van der Waals surface area contributed by atoms with Crippen LogP contribution in [0, 0.1) is 0 Å². The zero-order chi connectivity index (χ0) is 14.5. The number of aromatic nitrogens is 4. The lowest BCUT2D eigenvalue weighted by Gasteiger charge is -2.14. The second kappa shape index (κ2) is 6.36. The molecule has 1 heterocycles. The quantitative estimate of drug-likeness (QED) is 0.623. The van der Waals surface area contributed by atoms with E-state index in [1.807, 2.05) is 16.8 Å². The first-order chi connectivity index (χ1) is 9.63. The summed E-state index contributed by atoms with van der Waals surface area (Å²) in [7, 11) is 0. The fraction of sp³-hybridized carbons (Fsp3) is 0.500. The fourth-order valence-electron chi connectivity index (χ4n) is 2.26. The Hall–Kier alpha value is -2.11. The van der Waals surface area contributed by atoms with Gasteiger partial charge in [0.25, 0.3) is 0 Å². The fourth-order valence-corrected chi connectivity index (χ4v) is 2.26. The third kappa shape index (κ3) is 3.07. The maximum absolute atomic E-state index is 6.01. The number of benzene rings is 1. The van der Waals surface area contributed by atoms with E-state index in [0.29, 0.717) is 17.2 Å². The Kier molecular flexibility index (Phi) is 4.55. The van der Waals surface area contributed by atoms with Gasteiger partial charge in [0, 0.05) is 16.9 Å². The van der Waals surface area contributed by atoms with Gasteiger partial charge in [-0.25, -0.2) is 4.68 Å². The summed E-state index contributed by atoms with van der Waals surface area (Å²) in [5.74, 6) is 0.700. The minimum absolute atomic E-state index is 0.253. The number of nitrogen functional groups attached to an aromatic ring is 2. The number of anilines is 2. The SMILES string of the molecule is CCCCCC(C)n1nnnc1-c1ccc(N)cc1N. The van der Waals surface area contributed by atoms with Gasteiger partial charge in [-0.2, -0.15) is 0 Å². The van der Waals surface area contributed by atoms with Gasteiger partial charge < -0.3 is 11.5 Å². The van der Waals surface area contributed by atoms with Crippen LogP contribution in [0.1, 0.15) is 45.6 Å². The summed E-state index contributed by atoms with van der Waals surface area (Å²) < 4.78 is 1.84. The average molecular weight is 274 g/mol. The number of nitrogens with zero attached hydrogens (tertiary/aromatic N) is 4. The summed E-state index contributed by atoms with van der Waals surface area (Å²) in [6, 6.07) is 5.66. The van der Waals surface area contributed by atoms with Crippen molar-refractivity contribution in [3.63, 3.8) is 0 Å². The highest BCUT2D eigenvalue weighted by Crippen LogP contribution is 2.28. The summed E-state index contributed by atoms with van der Waals surface area (Å²) in [4.78, 5) is 0. The van der Waals surface area contributed by atoms with Crippen LogP contribution in [0.4, 0.5) is 11.4 Å². The molecule has 0 saturated heterocycles. The van der Waals surface area contributed by atoms with Crippen LogP contribution in [0.3, 0.4) is 0 Å². The van der Waals surface area contributed by atoms with Crippen molar-refractivity contribution in [3.05, 3.63) is 18.2 Å². The average Bonchev–Trinajstić information content (AvgIpc) is 2.88. The molecule has 20 heavy (non-hydrogen) atoms. The molecule has 4 N–H and O–H groups in total. The van der Waals surface area contributed by atoms with Gasteiger partial charge in [-0.15, -0.1) is 5.10 Å². The largest absolute Gasteiger partial charge is 0.399 e. The van der Waals surface area contributed by atoms with Crippen molar-refractivity contribution < 1.29 is 0 Å². The number of nitrogens with two attached hydrogens (primary N) is 2. The highest BCUT2D eigenvalue weighted by atomic mass is 15.5. The molecule has 108 valence electrons. The molecule has 1 atom stereocenters. The van der Waals surface area contributed by atoms with E-state index < -0.39 is 0 Å². The van der Waals surface area contributed by atoms with Crippen LogP contribution in [0.25, 0.3) is 11.4 Å². The first-order valence-electron chi connectivity index (χ1n) is 7.06. The lowest BCUT2D eigenvalue weighted by molar-refractivity contribution is 0.432. The Labute approximate surface area is 119 Å². The molecule has 0 spiro atoms. The lowest BCUT2D eigenvalue weighted by Crippen LogP contribution is -2.10. The van der Waals surface area contributed by atoms with Crippen molar-refractivity contribution in [3.8, 4) is 11.4 Å². The summed E-state index contributed by atoms with van der Waals surface area (Å²) >= 11 is 0. The van der Waals surface area contributed by atoms with E-state index in [1.165, 1.54) is 19.3 Å².